The SMILES string of the molecule is CCC1CCN(Cc2ccc(C)cc2)C(CN)C1. The first kappa shape index (κ1) is 13.6. The van der Waals surface area contributed by atoms with Gasteiger partial charge in [-0.1, -0.05) is 43.2 Å². The molecule has 2 N–H and O–H groups in total. The molecular formula is C16H26N2. The van der Waals surface area contributed by atoms with Gasteiger partial charge in [-0.2, -0.15) is 0 Å². The smallest absolute Gasteiger partial charge is 0.0237 e. The Morgan fingerprint density at radius 1 is 1.28 bits per heavy atom. The predicted octanol–water partition coefficient (Wildman–Crippen LogP) is 2.94. The molecule has 1 saturated heterocycles. The molecule has 0 saturated carbocycles. The first-order valence-electron chi connectivity index (χ1n) is 7.22. The predicted molar refractivity (Wildman–Crippen MR) is 77.4 cm³/mol. The van der Waals surface area contributed by atoms with E-state index in [-0.39, 0.29) is 0 Å². The average molecular weight is 246 g/mol. The summed E-state index contributed by atoms with van der Waals surface area (Å²) in [5.41, 5.74) is 8.69. The second kappa shape index (κ2) is 6.35. The highest BCUT2D eigenvalue weighted by Gasteiger charge is 2.26. The minimum atomic E-state index is 0.574. The molecule has 1 aliphatic rings. The Balaban J connectivity index is 1.97. The van der Waals surface area contributed by atoms with E-state index in [2.05, 4.69) is 43.0 Å². The van der Waals surface area contributed by atoms with Gasteiger partial charge >= 0.3 is 0 Å². The molecule has 1 aromatic rings. The minimum Gasteiger partial charge on any atom is -0.329 e. The van der Waals surface area contributed by atoms with Crippen LogP contribution < -0.4 is 5.73 Å². The van der Waals surface area contributed by atoms with E-state index < -0.39 is 0 Å². The van der Waals surface area contributed by atoms with Crippen LogP contribution in [0.2, 0.25) is 0 Å². The van der Waals surface area contributed by atoms with Gasteiger partial charge in [0.1, 0.15) is 0 Å². The lowest BCUT2D eigenvalue weighted by atomic mass is 9.88. The van der Waals surface area contributed by atoms with E-state index in [1.165, 1.54) is 36.9 Å². The molecule has 0 spiro atoms. The molecule has 0 aliphatic carbocycles. The molecule has 1 aromatic carbocycles. The summed E-state index contributed by atoms with van der Waals surface area (Å²) in [4.78, 5) is 2.57. The number of nitrogens with two attached hydrogens (primary N) is 1. The summed E-state index contributed by atoms with van der Waals surface area (Å²) >= 11 is 0. The summed E-state index contributed by atoms with van der Waals surface area (Å²) in [6.07, 6.45) is 3.91. The molecule has 1 aliphatic heterocycles. The highest BCUT2D eigenvalue weighted by Crippen LogP contribution is 2.26. The van der Waals surface area contributed by atoms with Crippen molar-refractivity contribution in [1.82, 2.24) is 4.90 Å². The zero-order chi connectivity index (χ0) is 13.0. The number of aryl methyl sites for hydroxylation is 1. The molecule has 1 fully saturated rings. The topological polar surface area (TPSA) is 29.3 Å². The van der Waals surface area contributed by atoms with Crippen molar-refractivity contribution in [2.45, 2.75) is 45.7 Å². The summed E-state index contributed by atoms with van der Waals surface area (Å²) in [6, 6.07) is 9.46. The first-order valence-corrected chi connectivity index (χ1v) is 7.22. The van der Waals surface area contributed by atoms with Crippen molar-refractivity contribution < 1.29 is 0 Å². The van der Waals surface area contributed by atoms with Gasteiger partial charge in [0.25, 0.3) is 0 Å². The van der Waals surface area contributed by atoms with Crippen LogP contribution in [0.4, 0.5) is 0 Å². The van der Waals surface area contributed by atoms with Crippen molar-refractivity contribution in [2.24, 2.45) is 11.7 Å². The number of piperidine rings is 1. The quantitative estimate of drug-likeness (QED) is 0.885. The molecule has 2 rings (SSSR count). The third-order valence-corrected chi connectivity index (χ3v) is 4.30. The van der Waals surface area contributed by atoms with E-state index in [1.807, 2.05) is 0 Å². The van der Waals surface area contributed by atoms with Crippen molar-refractivity contribution in [2.75, 3.05) is 13.1 Å². The van der Waals surface area contributed by atoms with E-state index in [0.717, 1.165) is 19.0 Å². The summed E-state index contributed by atoms with van der Waals surface area (Å²) in [5, 5.41) is 0. The summed E-state index contributed by atoms with van der Waals surface area (Å²) in [6.45, 7) is 7.49. The number of likely N-dealkylation sites (tertiary alicyclic amines) is 1. The second-order valence-electron chi connectivity index (χ2n) is 5.64. The van der Waals surface area contributed by atoms with Crippen LogP contribution in [-0.2, 0) is 6.54 Å². The van der Waals surface area contributed by atoms with Gasteiger partial charge in [0.05, 0.1) is 0 Å². The maximum atomic E-state index is 5.95. The number of nitrogens with zero attached hydrogens (tertiary/aromatic N) is 1. The van der Waals surface area contributed by atoms with Gasteiger partial charge in [-0.15, -0.1) is 0 Å². The van der Waals surface area contributed by atoms with Crippen LogP contribution in [0.1, 0.15) is 37.3 Å². The minimum absolute atomic E-state index is 0.574. The van der Waals surface area contributed by atoms with Gasteiger partial charge in [-0.25, -0.2) is 0 Å². The molecule has 1 heterocycles. The lowest BCUT2D eigenvalue weighted by Gasteiger charge is -2.38. The normalized spacial score (nSPS) is 25.3. The van der Waals surface area contributed by atoms with E-state index >= 15 is 0 Å². The third-order valence-electron chi connectivity index (χ3n) is 4.30. The lowest BCUT2D eigenvalue weighted by Crippen LogP contribution is -2.45. The van der Waals surface area contributed by atoms with Gasteiger partial charge in [0, 0.05) is 19.1 Å². The second-order valence-corrected chi connectivity index (χ2v) is 5.64. The number of hydrogen-bond donors (Lipinski definition) is 1. The molecule has 0 aromatic heterocycles. The fourth-order valence-corrected chi connectivity index (χ4v) is 2.93. The van der Waals surface area contributed by atoms with Gasteiger partial charge in [0.15, 0.2) is 0 Å². The van der Waals surface area contributed by atoms with E-state index in [0.29, 0.717) is 6.04 Å². The Hall–Kier alpha value is -0.860. The van der Waals surface area contributed by atoms with Gasteiger partial charge in [-0.3, -0.25) is 4.90 Å². The number of hydrogen-bond acceptors (Lipinski definition) is 2. The van der Waals surface area contributed by atoms with Crippen molar-refractivity contribution in [3.8, 4) is 0 Å². The maximum Gasteiger partial charge on any atom is 0.0237 e. The van der Waals surface area contributed by atoms with E-state index in [9.17, 15) is 0 Å². The van der Waals surface area contributed by atoms with Crippen molar-refractivity contribution in [1.29, 1.82) is 0 Å². The fraction of sp³-hybridized carbons (Fsp3) is 0.625. The zero-order valence-electron chi connectivity index (χ0n) is 11.7. The van der Waals surface area contributed by atoms with Crippen LogP contribution in [0.15, 0.2) is 24.3 Å². The van der Waals surface area contributed by atoms with Gasteiger partial charge < -0.3 is 5.73 Å². The Morgan fingerprint density at radius 2 is 2.00 bits per heavy atom. The summed E-state index contributed by atoms with van der Waals surface area (Å²) in [5.74, 6) is 0.882. The fourth-order valence-electron chi connectivity index (χ4n) is 2.93. The number of rotatable bonds is 4. The molecule has 0 radical (unpaired) electrons. The van der Waals surface area contributed by atoms with Crippen LogP contribution in [0.3, 0.4) is 0 Å². The molecule has 0 bridgehead atoms. The zero-order valence-corrected chi connectivity index (χ0v) is 11.7. The molecule has 2 unspecified atom stereocenters. The van der Waals surface area contributed by atoms with Crippen LogP contribution >= 0.6 is 0 Å². The Labute approximate surface area is 111 Å². The summed E-state index contributed by atoms with van der Waals surface area (Å²) < 4.78 is 0. The lowest BCUT2D eigenvalue weighted by molar-refractivity contribution is 0.107. The maximum absolute atomic E-state index is 5.95. The monoisotopic (exact) mass is 246 g/mol. The molecule has 100 valence electrons. The van der Waals surface area contributed by atoms with Gasteiger partial charge in [-0.05, 0) is 37.8 Å². The number of benzene rings is 1. The molecule has 2 nitrogen and oxygen atoms in total. The summed E-state index contributed by atoms with van der Waals surface area (Å²) in [7, 11) is 0. The van der Waals surface area contributed by atoms with Crippen molar-refractivity contribution >= 4 is 0 Å². The highest BCUT2D eigenvalue weighted by molar-refractivity contribution is 5.21. The molecular weight excluding hydrogens is 220 g/mol. The Bertz CT molecular complexity index is 358. The van der Waals surface area contributed by atoms with Crippen LogP contribution in [0.5, 0.6) is 0 Å². The molecule has 2 atom stereocenters. The van der Waals surface area contributed by atoms with Crippen molar-refractivity contribution in [3.05, 3.63) is 35.4 Å². The standard InChI is InChI=1S/C16H26N2/c1-3-14-8-9-18(16(10-14)11-17)12-15-6-4-13(2)5-7-15/h4-7,14,16H,3,8-12,17H2,1-2H3. The van der Waals surface area contributed by atoms with E-state index in [4.69, 9.17) is 5.73 Å². The van der Waals surface area contributed by atoms with Crippen LogP contribution in [0.25, 0.3) is 0 Å². The first-order chi connectivity index (χ1) is 8.72. The van der Waals surface area contributed by atoms with Crippen LogP contribution in [0, 0.1) is 12.8 Å². The molecule has 2 heteroatoms. The van der Waals surface area contributed by atoms with Crippen molar-refractivity contribution in [3.63, 3.8) is 0 Å². The molecule has 0 amide bonds. The largest absolute Gasteiger partial charge is 0.329 e. The van der Waals surface area contributed by atoms with E-state index in [1.54, 1.807) is 0 Å². The highest BCUT2D eigenvalue weighted by atomic mass is 15.2. The van der Waals surface area contributed by atoms with Gasteiger partial charge in [0.2, 0.25) is 0 Å². The van der Waals surface area contributed by atoms with Crippen LogP contribution in [-0.4, -0.2) is 24.0 Å². The molecule has 18 heavy (non-hydrogen) atoms. The average Bonchev–Trinajstić information content (AvgIpc) is 2.41. The third kappa shape index (κ3) is 3.33. The Morgan fingerprint density at radius 3 is 2.61 bits per heavy atom. The Kier molecular flexibility index (Phi) is 4.79.